The Morgan fingerprint density at radius 2 is 2.00 bits per heavy atom. The molecule has 0 fully saturated rings. The Balaban J connectivity index is 2.05. The molecule has 16 heavy (non-hydrogen) atoms. The van der Waals surface area contributed by atoms with E-state index in [0.29, 0.717) is 5.84 Å². The number of hydrogen-bond donors (Lipinski definition) is 1. The van der Waals surface area contributed by atoms with Gasteiger partial charge in [-0.15, -0.1) is 0 Å². The summed E-state index contributed by atoms with van der Waals surface area (Å²) < 4.78 is 0. The molecular formula is C11H11N5. The molecule has 0 saturated carbocycles. The average Bonchev–Trinajstić information content (AvgIpc) is 2.75. The summed E-state index contributed by atoms with van der Waals surface area (Å²) in [6.45, 7) is 0.777. The molecule has 2 N–H and O–H groups in total. The van der Waals surface area contributed by atoms with Crippen LogP contribution in [0, 0.1) is 0 Å². The highest BCUT2D eigenvalue weighted by molar-refractivity contribution is 5.84. The van der Waals surface area contributed by atoms with E-state index in [1.807, 2.05) is 24.3 Å². The second-order valence-corrected chi connectivity index (χ2v) is 3.68. The predicted molar refractivity (Wildman–Crippen MR) is 63.1 cm³/mol. The number of nitrogens with zero attached hydrogens (tertiary/aromatic N) is 4. The summed E-state index contributed by atoms with van der Waals surface area (Å²) in [5.74, 6) is 1.40. The van der Waals surface area contributed by atoms with Gasteiger partial charge in [0.2, 0.25) is 0 Å². The molecular weight excluding hydrogens is 202 g/mol. The lowest BCUT2D eigenvalue weighted by Gasteiger charge is -2.11. The van der Waals surface area contributed by atoms with E-state index in [1.54, 1.807) is 11.2 Å². The van der Waals surface area contributed by atoms with E-state index in [2.05, 4.69) is 15.1 Å². The highest BCUT2D eigenvalue weighted by atomic mass is 15.5. The van der Waals surface area contributed by atoms with E-state index < -0.39 is 0 Å². The van der Waals surface area contributed by atoms with Gasteiger partial charge in [-0.25, -0.2) is 9.99 Å². The van der Waals surface area contributed by atoms with Gasteiger partial charge in [-0.3, -0.25) is 4.98 Å². The first-order chi connectivity index (χ1) is 7.83. The van der Waals surface area contributed by atoms with Crippen LogP contribution >= 0.6 is 0 Å². The molecule has 5 heteroatoms. The molecule has 3 rings (SSSR count). The Hall–Kier alpha value is -2.17. The molecule has 0 spiro atoms. The lowest BCUT2D eigenvalue weighted by molar-refractivity contribution is 0.895. The van der Waals surface area contributed by atoms with Gasteiger partial charge >= 0.3 is 0 Å². The first-order valence-corrected chi connectivity index (χ1v) is 5.15. The van der Waals surface area contributed by atoms with Crippen LogP contribution in [0.15, 0.2) is 35.6 Å². The smallest absolute Gasteiger partial charge is 0.168 e. The average molecular weight is 213 g/mol. The van der Waals surface area contributed by atoms with Crippen LogP contribution in [0.1, 0.15) is 6.42 Å². The zero-order chi connectivity index (χ0) is 11.0. The Bertz CT molecular complexity index is 563. The number of benzene rings is 1. The van der Waals surface area contributed by atoms with Gasteiger partial charge in [0.15, 0.2) is 5.82 Å². The molecule has 0 radical (unpaired) electrons. The number of rotatable bonds is 1. The summed E-state index contributed by atoms with van der Waals surface area (Å²) in [6.07, 6.45) is 2.51. The number of nitrogens with two attached hydrogens (primary N) is 1. The molecule has 1 aliphatic heterocycles. The number of hydrogen-bond acceptors (Lipinski definition) is 5. The van der Waals surface area contributed by atoms with Crippen LogP contribution in [0.5, 0.6) is 0 Å². The summed E-state index contributed by atoms with van der Waals surface area (Å²) in [7, 11) is 0. The Morgan fingerprint density at radius 3 is 2.75 bits per heavy atom. The maximum Gasteiger partial charge on any atom is 0.168 e. The number of para-hydroxylation sites is 2. The van der Waals surface area contributed by atoms with Crippen LogP contribution in [0.3, 0.4) is 0 Å². The minimum Gasteiger partial charge on any atom is -0.386 e. The van der Waals surface area contributed by atoms with Crippen LogP contribution in [0.2, 0.25) is 0 Å². The van der Waals surface area contributed by atoms with Gasteiger partial charge in [-0.2, -0.15) is 5.10 Å². The van der Waals surface area contributed by atoms with Crippen LogP contribution in [-0.4, -0.2) is 22.3 Å². The van der Waals surface area contributed by atoms with Crippen molar-refractivity contribution >= 4 is 22.7 Å². The predicted octanol–water partition coefficient (Wildman–Crippen LogP) is 1.11. The van der Waals surface area contributed by atoms with Crippen molar-refractivity contribution in [3.8, 4) is 0 Å². The van der Waals surface area contributed by atoms with E-state index >= 15 is 0 Å². The normalized spacial score (nSPS) is 15.5. The van der Waals surface area contributed by atoms with Gasteiger partial charge in [0.25, 0.3) is 0 Å². The molecule has 0 amide bonds. The lowest BCUT2D eigenvalue weighted by atomic mass is 10.3. The summed E-state index contributed by atoms with van der Waals surface area (Å²) in [6, 6.07) is 7.77. The van der Waals surface area contributed by atoms with Crippen LogP contribution < -0.4 is 10.7 Å². The highest BCUT2D eigenvalue weighted by Gasteiger charge is 2.15. The van der Waals surface area contributed by atoms with Crippen LogP contribution in [0.4, 0.5) is 5.82 Å². The van der Waals surface area contributed by atoms with Crippen molar-refractivity contribution in [2.24, 2.45) is 10.8 Å². The molecule has 0 atom stereocenters. The number of aromatic nitrogens is 2. The topological polar surface area (TPSA) is 67.4 Å². The second-order valence-electron chi connectivity index (χ2n) is 3.68. The number of anilines is 1. The largest absolute Gasteiger partial charge is 0.386 e. The van der Waals surface area contributed by atoms with E-state index in [0.717, 1.165) is 29.8 Å². The molecule has 0 aliphatic carbocycles. The molecule has 2 heterocycles. The quantitative estimate of drug-likeness (QED) is 0.770. The van der Waals surface area contributed by atoms with E-state index in [4.69, 9.17) is 5.73 Å². The van der Waals surface area contributed by atoms with Crippen molar-refractivity contribution in [3.63, 3.8) is 0 Å². The molecule has 0 bridgehead atoms. The standard InChI is InChI=1S/C11H11N5/c12-10-5-6-16(15-10)11-7-13-8-3-1-2-4-9(8)14-11/h1-4,7H,5-6H2,(H2,12,15). The zero-order valence-electron chi connectivity index (χ0n) is 8.67. The SMILES string of the molecule is NC1=NN(c2cnc3ccccc3n2)CC1. The third-order valence-corrected chi connectivity index (χ3v) is 2.53. The van der Waals surface area contributed by atoms with Crippen molar-refractivity contribution in [1.82, 2.24) is 9.97 Å². The molecule has 80 valence electrons. The van der Waals surface area contributed by atoms with Gasteiger partial charge in [0.05, 0.1) is 23.8 Å². The van der Waals surface area contributed by atoms with E-state index in [1.165, 1.54) is 0 Å². The monoisotopic (exact) mass is 213 g/mol. The minimum atomic E-state index is 0.648. The fourth-order valence-electron chi connectivity index (χ4n) is 1.71. The third-order valence-electron chi connectivity index (χ3n) is 2.53. The third kappa shape index (κ3) is 1.46. The van der Waals surface area contributed by atoms with Crippen molar-refractivity contribution < 1.29 is 0 Å². The lowest BCUT2D eigenvalue weighted by Crippen LogP contribution is -2.13. The number of hydrazone groups is 1. The number of amidine groups is 1. The molecule has 0 unspecified atom stereocenters. The zero-order valence-corrected chi connectivity index (χ0v) is 8.67. The Morgan fingerprint density at radius 1 is 1.19 bits per heavy atom. The molecule has 0 saturated heterocycles. The van der Waals surface area contributed by atoms with Crippen molar-refractivity contribution in [1.29, 1.82) is 0 Å². The van der Waals surface area contributed by atoms with Crippen molar-refractivity contribution in [3.05, 3.63) is 30.5 Å². The summed E-state index contributed by atoms with van der Waals surface area (Å²) in [5, 5.41) is 5.98. The Kier molecular flexibility index (Phi) is 1.96. The first kappa shape index (κ1) is 9.08. The van der Waals surface area contributed by atoms with E-state index in [-0.39, 0.29) is 0 Å². The van der Waals surface area contributed by atoms with Crippen molar-refractivity contribution in [2.45, 2.75) is 6.42 Å². The number of fused-ring (bicyclic) bond motifs is 1. The maximum absolute atomic E-state index is 5.64. The van der Waals surface area contributed by atoms with Gasteiger partial charge in [0, 0.05) is 6.42 Å². The summed E-state index contributed by atoms with van der Waals surface area (Å²) in [5.41, 5.74) is 7.40. The first-order valence-electron chi connectivity index (χ1n) is 5.15. The highest BCUT2D eigenvalue weighted by Crippen LogP contribution is 2.17. The fourth-order valence-corrected chi connectivity index (χ4v) is 1.71. The van der Waals surface area contributed by atoms with Crippen molar-refractivity contribution in [2.75, 3.05) is 11.6 Å². The molecule has 1 aromatic carbocycles. The molecule has 2 aromatic rings. The van der Waals surface area contributed by atoms with Gasteiger partial charge in [-0.1, -0.05) is 12.1 Å². The second kappa shape index (κ2) is 3.44. The Labute approximate surface area is 92.6 Å². The van der Waals surface area contributed by atoms with E-state index in [9.17, 15) is 0 Å². The summed E-state index contributed by atoms with van der Waals surface area (Å²) >= 11 is 0. The van der Waals surface area contributed by atoms with Gasteiger partial charge < -0.3 is 5.73 Å². The van der Waals surface area contributed by atoms with Crippen LogP contribution in [-0.2, 0) is 0 Å². The minimum absolute atomic E-state index is 0.648. The van der Waals surface area contributed by atoms with Gasteiger partial charge in [0.1, 0.15) is 5.84 Å². The molecule has 5 nitrogen and oxygen atoms in total. The van der Waals surface area contributed by atoms with Gasteiger partial charge in [-0.05, 0) is 12.1 Å². The fraction of sp³-hybridized carbons (Fsp3) is 0.182. The molecule has 1 aliphatic rings. The summed E-state index contributed by atoms with van der Waals surface area (Å²) in [4.78, 5) is 8.83. The maximum atomic E-state index is 5.64. The molecule has 1 aromatic heterocycles. The van der Waals surface area contributed by atoms with Crippen LogP contribution in [0.25, 0.3) is 11.0 Å².